The van der Waals surface area contributed by atoms with Crippen LogP contribution in [0.2, 0.25) is 10.0 Å². The van der Waals surface area contributed by atoms with E-state index in [1.165, 1.54) is 10.6 Å². The third kappa shape index (κ3) is 4.75. The monoisotopic (exact) mass is 514 g/mol. The molecule has 0 spiro atoms. The molecular formula is C24H16Cl2N2O5S. The molecule has 0 unspecified atom stereocenters. The maximum Gasteiger partial charge on any atom is 0.346 e. The number of carbonyl (C=O) groups excluding carboxylic acids is 1. The van der Waals surface area contributed by atoms with E-state index in [1.54, 1.807) is 48.5 Å². The van der Waals surface area contributed by atoms with E-state index in [0.717, 1.165) is 18.4 Å². The maximum absolute atomic E-state index is 13.0. The first kappa shape index (κ1) is 23.7. The molecule has 0 saturated carbocycles. The van der Waals surface area contributed by atoms with Gasteiger partial charge in [0, 0.05) is 11.8 Å². The van der Waals surface area contributed by atoms with Crippen molar-refractivity contribution in [2.24, 2.45) is 0 Å². The Morgan fingerprint density at radius 2 is 1.53 bits per heavy atom. The van der Waals surface area contributed by atoms with E-state index in [0.29, 0.717) is 11.3 Å². The Morgan fingerprint density at radius 1 is 0.912 bits per heavy atom. The van der Waals surface area contributed by atoms with Crippen LogP contribution < -0.4 is 10.3 Å². The summed E-state index contributed by atoms with van der Waals surface area (Å²) in [4.78, 5) is 30.0. The van der Waals surface area contributed by atoms with Crippen LogP contribution in [0.4, 0.5) is 0 Å². The van der Waals surface area contributed by atoms with Crippen molar-refractivity contribution < 1.29 is 17.9 Å². The van der Waals surface area contributed by atoms with Gasteiger partial charge in [-0.05, 0) is 24.3 Å². The third-order valence-corrected chi connectivity index (χ3v) is 6.94. The molecule has 0 fully saturated rings. The SMILES string of the molecule is CS(=O)(=O)c1ccc(C(=O)Oc2cc(=O)n(-c3ccccc3)c(-c3ccccc3)n2)c(Cl)c1Cl. The van der Waals surface area contributed by atoms with Crippen molar-refractivity contribution in [3.05, 3.63) is 105 Å². The largest absolute Gasteiger partial charge is 0.404 e. The minimum Gasteiger partial charge on any atom is -0.404 e. The van der Waals surface area contributed by atoms with Crippen molar-refractivity contribution in [1.29, 1.82) is 0 Å². The van der Waals surface area contributed by atoms with E-state index < -0.39 is 21.4 Å². The Labute approximate surface area is 205 Å². The van der Waals surface area contributed by atoms with Gasteiger partial charge in [-0.15, -0.1) is 0 Å². The molecule has 4 aromatic rings. The van der Waals surface area contributed by atoms with Gasteiger partial charge in [-0.2, -0.15) is 4.98 Å². The summed E-state index contributed by atoms with van der Waals surface area (Å²) in [6.07, 6.45) is 0.972. The van der Waals surface area contributed by atoms with Crippen LogP contribution in [0.3, 0.4) is 0 Å². The molecule has 0 radical (unpaired) electrons. The maximum atomic E-state index is 13.0. The Balaban J connectivity index is 1.78. The fraction of sp³-hybridized carbons (Fsp3) is 0.0417. The molecule has 10 heteroatoms. The number of ether oxygens (including phenoxy) is 1. The van der Waals surface area contributed by atoms with Gasteiger partial charge in [0.25, 0.3) is 5.56 Å². The normalized spacial score (nSPS) is 11.3. The molecule has 0 aliphatic rings. The van der Waals surface area contributed by atoms with E-state index >= 15 is 0 Å². The molecule has 0 aliphatic heterocycles. The molecule has 1 heterocycles. The van der Waals surface area contributed by atoms with Crippen LogP contribution in [0.25, 0.3) is 17.1 Å². The number of benzene rings is 3. The van der Waals surface area contributed by atoms with Crippen LogP contribution in [0.15, 0.2) is 88.6 Å². The number of sulfone groups is 1. The average Bonchev–Trinajstić information content (AvgIpc) is 2.80. The molecule has 172 valence electrons. The van der Waals surface area contributed by atoms with Gasteiger partial charge in [0.1, 0.15) is 0 Å². The van der Waals surface area contributed by atoms with Crippen molar-refractivity contribution in [3.8, 4) is 23.0 Å². The van der Waals surface area contributed by atoms with Gasteiger partial charge in [-0.1, -0.05) is 71.7 Å². The van der Waals surface area contributed by atoms with Gasteiger partial charge in [0.05, 0.1) is 32.3 Å². The Morgan fingerprint density at radius 3 is 2.15 bits per heavy atom. The summed E-state index contributed by atoms with van der Waals surface area (Å²) in [6.45, 7) is 0. The highest BCUT2D eigenvalue weighted by molar-refractivity contribution is 7.90. The second kappa shape index (κ2) is 9.42. The second-order valence-electron chi connectivity index (χ2n) is 7.19. The van der Waals surface area contributed by atoms with Crippen molar-refractivity contribution in [1.82, 2.24) is 9.55 Å². The van der Waals surface area contributed by atoms with E-state index in [4.69, 9.17) is 27.9 Å². The van der Waals surface area contributed by atoms with Crippen LogP contribution in [-0.2, 0) is 9.84 Å². The topological polar surface area (TPSA) is 95.3 Å². The number of halogens is 2. The number of para-hydroxylation sites is 1. The molecule has 0 bridgehead atoms. The summed E-state index contributed by atoms with van der Waals surface area (Å²) in [5, 5.41) is -0.577. The smallest absolute Gasteiger partial charge is 0.346 e. The van der Waals surface area contributed by atoms with Crippen molar-refractivity contribution in [3.63, 3.8) is 0 Å². The summed E-state index contributed by atoms with van der Waals surface area (Å²) in [5.41, 5.74) is 0.566. The fourth-order valence-electron chi connectivity index (χ4n) is 3.25. The number of aromatic nitrogens is 2. The molecule has 3 aromatic carbocycles. The summed E-state index contributed by atoms with van der Waals surface area (Å²) < 4.78 is 30.4. The number of hydrogen-bond acceptors (Lipinski definition) is 6. The predicted molar refractivity (Wildman–Crippen MR) is 130 cm³/mol. The molecule has 0 N–H and O–H groups in total. The molecule has 0 aliphatic carbocycles. The van der Waals surface area contributed by atoms with Gasteiger partial charge in [-0.3, -0.25) is 9.36 Å². The summed E-state index contributed by atoms with van der Waals surface area (Å²) in [6, 6.07) is 21.3. The van der Waals surface area contributed by atoms with Crippen LogP contribution in [-0.4, -0.2) is 30.2 Å². The van der Waals surface area contributed by atoms with Gasteiger partial charge in [-0.25, -0.2) is 13.2 Å². The van der Waals surface area contributed by atoms with Crippen molar-refractivity contribution in [2.45, 2.75) is 4.90 Å². The van der Waals surface area contributed by atoms with Gasteiger partial charge in [0.15, 0.2) is 15.7 Å². The molecule has 0 saturated heterocycles. The minimum absolute atomic E-state index is 0.172. The van der Waals surface area contributed by atoms with Crippen LogP contribution in [0.5, 0.6) is 5.88 Å². The van der Waals surface area contributed by atoms with Gasteiger partial charge < -0.3 is 4.74 Å². The highest BCUT2D eigenvalue weighted by atomic mass is 35.5. The zero-order valence-electron chi connectivity index (χ0n) is 17.6. The number of rotatable bonds is 5. The highest BCUT2D eigenvalue weighted by Gasteiger charge is 2.23. The lowest BCUT2D eigenvalue weighted by atomic mass is 10.2. The van der Waals surface area contributed by atoms with E-state index in [2.05, 4.69) is 4.98 Å². The summed E-state index contributed by atoms with van der Waals surface area (Å²) in [5.74, 6) is -0.936. The first-order chi connectivity index (χ1) is 16.2. The molecule has 1 aromatic heterocycles. The number of nitrogens with zero attached hydrogens (tertiary/aromatic N) is 2. The number of hydrogen-bond donors (Lipinski definition) is 0. The Bertz CT molecular complexity index is 1550. The first-order valence-corrected chi connectivity index (χ1v) is 12.5. The Hall–Kier alpha value is -3.46. The van der Waals surface area contributed by atoms with E-state index in [9.17, 15) is 18.0 Å². The zero-order chi connectivity index (χ0) is 24.5. The molecule has 34 heavy (non-hydrogen) atoms. The molecule has 0 atom stereocenters. The van der Waals surface area contributed by atoms with E-state index in [1.807, 2.05) is 12.1 Å². The number of esters is 1. The number of carbonyl (C=O) groups is 1. The molecule has 0 amide bonds. The lowest BCUT2D eigenvalue weighted by molar-refractivity contribution is 0.0727. The quantitative estimate of drug-likeness (QED) is 0.354. The molecular weight excluding hydrogens is 499 g/mol. The standard InChI is InChI=1S/C24H16Cl2N2O5S/c1-34(31,32)18-13-12-17(21(25)22(18)26)24(30)33-19-14-20(29)28(16-10-6-3-7-11-16)23(27-19)15-8-4-2-5-9-15/h2-14H,1H3. The minimum atomic E-state index is -3.66. The average molecular weight is 515 g/mol. The van der Waals surface area contributed by atoms with Crippen LogP contribution in [0, 0.1) is 0 Å². The molecule has 7 nitrogen and oxygen atoms in total. The van der Waals surface area contributed by atoms with Gasteiger partial charge in [0.2, 0.25) is 5.88 Å². The third-order valence-electron chi connectivity index (χ3n) is 4.81. The fourth-order valence-corrected chi connectivity index (χ4v) is 4.87. The zero-order valence-corrected chi connectivity index (χ0v) is 19.9. The van der Waals surface area contributed by atoms with Crippen molar-refractivity contribution >= 4 is 39.0 Å². The Kier molecular flexibility index (Phi) is 6.56. The first-order valence-electron chi connectivity index (χ1n) is 9.82. The summed E-state index contributed by atoms with van der Waals surface area (Å²) >= 11 is 12.2. The van der Waals surface area contributed by atoms with Crippen LogP contribution in [0.1, 0.15) is 10.4 Å². The van der Waals surface area contributed by atoms with Crippen molar-refractivity contribution in [2.75, 3.05) is 6.26 Å². The lowest BCUT2D eigenvalue weighted by Crippen LogP contribution is -2.22. The summed E-state index contributed by atoms with van der Waals surface area (Å²) in [7, 11) is -3.66. The van der Waals surface area contributed by atoms with Gasteiger partial charge >= 0.3 is 5.97 Å². The highest BCUT2D eigenvalue weighted by Crippen LogP contribution is 2.33. The van der Waals surface area contributed by atoms with Crippen LogP contribution >= 0.6 is 23.2 Å². The predicted octanol–water partition coefficient (Wildman–Crippen LogP) is 4.83. The molecule has 4 rings (SSSR count). The lowest BCUT2D eigenvalue weighted by Gasteiger charge is -2.14. The van der Waals surface area contributed by atoms with E-state index in [-0.39, 0.29) is 32.2 Å². The second-order valence-corrected chi connectivity index (χ2v) is 9.93.